The quantitative estimate of drug-likeness (QED) is 0.627. The van der Waals surface area contributed by atoms with E-state index >= 15 is 0 Å². The number of nitrogens with one attached hydrogen (secondary N) is 1. The second-order valence-electron chi connectivity index (χ2n) is 6.29. The van der Waals surface area contributed by atoms with Crippen molar-refractivity contribution >= 4 is 5.65 Å². The molecule has 0 aliphatic carbocycles. The lowest BCUT2D eigenvalue weighted by molar-refractivity contribution is 0.883. The summed E-state index contributed by atoms with van der Waals surface area (Å²) in [4.78, 5) is 21.2. The highest BCUT2D eigenvalue weighted by Gasteiger charge is 2.09. The van der Waals surface area contributed by atoms with Crippen LogP contribution in [0.5, 0.6) is 0 Å². The van der Waals surface area contributed by atoms with E-state index in [-0.39, 0.29) is 5.56 Å². The van der Waals surface area contributed by atoms with E-state index in [1.54, 1.807) is 18.5 Å². The van der Waals surface area contributed by atoms with Gasteiger partial charge in [-0.05, 0) is 42.7 Å². The molecule has 0 saturated carbocycles. The fourth-order valence-electron chi connectivity index (χ4n) is 2.92. The van der Waals surface area contributed by atoms with E-state index in [0.29, 0.717) is 12.1 Å². The fraction of sp³-hybridized carbons (Fsp3) is 0.150. The van der Waals surface area contributed by atoms with Crippen molar-refractivity contribution in [1.82, 2.24) is 19.6 Å². The van der Waals surface area contributed by atoms with Gasteiger partial charge in [-0.1, -0.05) is 18.2 Å². The maximum absolute atomic E-state index is 12.4. The lowest BCUT2D eigenvalue weighted by Crippen LogP contribution is -2.15. The van der Waals surface area contributed by atoms with Crippen molar-refractivity contribution in [2.75, 3.05) is 0 Å². The average molecular weight is 330 g/mol. The number of rotatable bonds is 3. The molecule has 0 unspecified atom stereocenters. The first kappa shape index (κ1) is 15.3. The molecule has 0 atom stereocenters. The van der Waals surface area contributed by atoms with E-state index in [2.05, 4.69) is 47.1 Å². The first-order valence-corrected chi connectivity index (χ1v) is 8.18. The van der Waals surface area contributed by atoms with E-state index in [4.69, 9.17) is 0 Å². The van der Waals surface area contributed by atoms with Crippen molar-refractivity contribution in [3.05, 3.63) is 87.6 Å². The zero-order valence-electron chi connectivity index (χ0n) is 14.2. The molecule has 4 aromatic rings. The van der Waals surface area contributed by atoms with Crippen molar-refractivity contribution in [2.45, 2.75) is 20.3 Å². The predicted molar refractivity (Wildman–Crippen MR) is 97.8 cm³/mol. The molecule has 0 aliphatic rings. The summed E-state index contributed by atoms with van der Waals surface area (Å²) in [6.45, 7) is 4.19. The topological polar surface area (TPSA) is 63.0 Å². The summed E-state index contributed by atoms with van der Waals surface area (Å²) in [5.41, 5.74) is 6.68. The zero-order valence-corrected chi connectivity index (χ0v) is 14.2. The fourth-order valence-corrected chi connectivity index (χ4v) is 2.92. The third kappa shape index (κ3) is 2.96. The summed E-state index contributed by atoms with van der Waals surface area (Å²) in [5.74, 6) is 0. The summed E-state index contributed by atoms with van der Waals surface area (Å²) in [7, 11) is 0. The third-order valence-corrected chi connectivity index (χ3v) is 4.43. The number of aryl methyl sites for hydroxylation is 2. The molecule has 124 valence electrons. The van der Waals surface area contributed by atoms with Gasteiger partial charge in [0.2, 0.25) is 0 Å². The number of nitrogens with zero attached hydrogens (tertiary/aromatic N) is 3. The molecule has 5 nitrogen and oxygen atoms in total. The third-order valence-electron chi connectivity index (χ3n) is 4.43. The second kappa shape index (κ2) is 6.02. The predicted octanol–water partition coefficient (Wildman–Crippen LogP) is 3.29. The number of H-pyrrole nitrogens is 1. The van der Waals surface area contributed by atoms with Crippen LogP contribution in [0.3, 0.4) is 0 Å². The van der Waals surface area contributed by atoms with E-state index < -0.39 is 0 Å². The number of fused-ring (bicyclic) bond motifs is 1. The van der Waals surface area contributed by atoms with Gasteiger partial charge in [0.15, 0.2) is 5.65 Å². The molecule has 1 N–H and O–H groups in total. The molecule has 0 saturated heterocycles. The van der Waals surface area contributed by atoms with Crippen molar-refractivity contribution in [1.29, 1.82) is 0 Å². The number of hydrogen-bond donors (Lipinski definition) is 1. The Morgan fingerprint density at radius 2 is 1.96 bits per heavy atom. The first-order valence-electron chi connectivity index (χ1n) is 8.18. The first-order chi connectivity index (χ1) is 12.1. The van der Waals surface area contributed by atoms with E-state index in [1.807, 2.05) is 18.2 Å². The Kier molecular flexibility index (Phi) is 3.69. The Morgan fingerprint density at radius 3 is 2.72 bits per heavy atom. The standard InChI is InChI=1S/C20H18N4O/c1-13-5-6-15(8-14(13)2)9-17-10-20(25)24-19(22-17)11-18(23-24)16-4-3-7-21-12-16/h3-8,10-12,23H,9H2,1-2H3. The minimum Gasteiger partial charge on any atom is -0.289 e. The molecule has 3 heterocycles. The van der Waals surface area contributed by atoms with Crippen LogP contribution in [0.2, 0.25) is 0 Å². The lowest BCUT2D eigenvalue weighted by atomic mass is 10.0. The highest BCUT2D eigenvalue weighted by Crippen LogP contribution is 2.18. The summed E-state index contributed by atoms with van der Waals surface area (Å²) < 4.78 is 1.46. The molecule has 4 rings (SSSR count). The van der Waals surface area contributed by atoms with Gasteiger partial charge in [0.05, 0.1) is 11.4 Å². The summed E-state index contributed by atoms with van der Waals surface area (Å²) in [6.07, 6.45) is 4.12. The molecule has 25 heavy (non-hydrogen) atoms. The molecule has 3 aromatic heterocycles. The monoisotopic (exact) mass is 330 g/mol. The van der Waals surface area contributed by atoms with Crippen molar-refractivity contribution in [3.63, 3.8) is 0 Å². The lowest BCUT2D eigenvalue weighted by Gasteiger charge is -2.05. The molecule has 0 fully saturated rings. The van der Waals surface area contributed by atoms with Crippen molar-refractivity contribution in [3.8, 4) is 11.3 Å². The molecular weight excluding hydrogens is 312 g/mol. The van der Waals surface area contributed by atoms with Crippen LogP contribution in [0.4, 0.5) is 0 Å². The van der Waals surface area contributed by atoms with E-state index in [0.717, 1.165) is 22.5 Å². The van der Waals surface area contributed by atoms with Crippen LogP contribution in [0, 0.1) is 13.8 Å². The highest BCUT2D eigenvalue weighted by molar-refractivity contribution is 5.63. The van der Waals surface area contributed by atoms with Gasteiger partial charge in [-0.3, -0.25) is 14.9 Å². The smallest absolute Gasteiger partial charge is 0.272 e. The number of pyridine rings is 1. The SMILES string of the molecule is Cc1ccc(Cc2cc(=O)n3[nH]c(-c4cccnc4)cc3n2)cc1C. The Labute approximate surface area is 145 Å². The van der Waals surface area contributed by atoms with Gasteiger partial charge in [0.1, 0.15) is 0 Å². The van der Waals surface area contributed by atoms with Gasteiger partial charge >= 0.3 is 0 Å². The molecule has 1 aromatic carbocycles. The van der Waals surface area contributed by atoms with Gasteiger partial charge in [0, 0.05) is 36.5 Å². The van der Waals surface area contributed by atoms with Crippen LogP contribution >= 0.6 is 0 Å². The summed E-state index contributed by atoms with van der Waals surface area (Å²) >= 11 is 0. The number of aromatic nitrogens is 4. The van der Waals surface area contributed by atoms with Gasteiger partial charge in [-0.2, -0.15) is 0 Å². The Balaban J connectivity index is 1.74. The maximum atomic E-state index is 12.4. The molecule has 0 spiro atoms. The van der Waals surface area contributed by atoms with Gasteiger partial charge in [-0.15, -0.1) is 0 Å². The highest BCUT2D eigenvalue weighted by atomic mass is 16.1. The van der Waals surface area contributed by atoms with Crippen LogP contribution in [-0.2, 0) is 6.42 Å². The maximum Gasteiger partial charge on any atom is 0.272 e. The van der Waals surface area contributed by atoms with E-state index in [1.165, 1.54) is 15.6 Å². The molecule has 0 aliphatic heterocycles. The summed E-state index contributed by atoms with van der Waals surface area (Å²) in [6, 6.07) is 13.6. The summed E-state index contributed by atoms with van der Waals surface area (Å²) in [5, 5.41) is 3.09. The molecule has 0 amide bonds. The second-order valence-corrected chi connectivity index (χ2v) is 6.29. The number of hydrogen-bond acceptors (Lipinski definition) is 3. The van der Waals surface area contributed by atoms with Crippen molar-refractivity contribution < 1.29 is 0 Å². The van der Waals surface area contributed by atoms with Crippen LogP contribution in [0.15, 0.2) is 59.7 Å². The largest absolute Gasteiger partial charge is 0.289 e. The molecule has 5 heteroatoms. The van der Waals surface area contributed by atoms with Gasteiger partial charge in [0.25, 0.3) is 5.56 Å². The minimum atomic E-state index is -0.112. The molecule has 0 radical (unpaired) electrons. The number of aromatic amines is 1. The molecule has 0 bridgehead atoms. The van der Waals surface area contributed by atoms with Crippen LogP contribution in [0.25, 0.3) is 16.9 Å². The van der Waals surface area contributed by atoms with Crippen molar-refractivity contribution in [2.24, 2.45) is 0 Å². The normalized spacial score (nSPS) is 11.1. The Hall–Kier alpha value is -3.21. The van der Waals surface area contributed by atoms with Gasteiger partial charge < -0.3 is 0 Å². The Bertz CT molecular complexity index is 1110. The average Bonchev–Trinajstić information content (AvgIpc) is 3.04. The van der Waals surface area contributed by atoms with E-state index in [9.17, 15) is 4.79 Å². The van der Waals surface area contributed by atoms with Crippen LogP contribution in [-0.4, -0.2) is 19.6 Å². The zero-order chi connectivity index (χ0) is 17.4. The minimum absolute atomic E-state index is 0.112. The van der Waals surface area contributed by atoms with Gasteiger partial charge in [-0.25, -0.2) is 9.50 Å². The van der Waals surface area contributed by atoms with Crippen LogP contribution in [0.1, 0.15) is 22.4 Å². The van der Waals surface area contributed by atoms with Crippen LogP contribution < -0.4 is 5.56 Å². The Morgan fingerprint density at radius 1 is 1.08 bits per heavy atom. The molecular formula is C20H18N4O. The number of benzene rings is 1.